The Kier molecular flexibility index (Phi) is 2.19. The van der Waals surface area contributed by atoms with Gasteiger partial charge in [-0.15, -0.1) is 0 Å². The molecule has 0 saturated carbocycles. The first-order chi connectivity index (χ1) is 3.72. The number of hydrogen-bond acceptors (Lipinski definition) is 0. The van der Waals surface area contributed by atoms with E-state index >= 15 is 0 Å². The normalized spacial score (nSPS) is 29.6. The molecule has 1 heterocycles. The zero-order valence-electron chi connectivity index (χ0n) is 4.62. The summed E-state index contributed by atoms with van der Waals surface area (Å²) in [5.74, 6) is 0. The van der Waals surface area contributed by atoms with Gasteiger partial charge < -0.3 is 0 Å². The van der Waals surface area contributed by atoms with Gasteiger partial charge in [0, 0.05) is 7.27 Å². The molecule has 0 bridgehead atoms. The van der Waals surface area contributed by atoms with E-state index in [9.17, 15) is 0 Å². The number of rotatable bonds is 0. The molecule has 1 aliphatic heterocycles. The highest BCUT2D eigenvalue weighted by atomic mass is 35.7. The van der Waals surface area contributed by atoms with Gasteiger partial charge in [-0.05, 0) is 19.5 Å². The lowest BCUT2D eigenvalue weighted by Gasteiger charge is -1.94. The molecule has 0 aliphatic carbocycles. The van der Waals surface area contributed by atoms with Crippen molar-refractivity contribution in [3.8, 4) is 0 Å². The molecule has 0 radical (unpaired) electrons. The minimum Gasteiger partial charge on any atom is -0.0902 e. The van der Waals surface area contributed by atoms with E-state index < -0.39 is 7.27 Å². The van der Waals surface area contributed by atoms with Crippen molar-refractivity contribution >= 4 is 30.1 Å². The van der Waals surface area contributed by atoms with Gasteiger partial charge in [0.15, 0.2) is 0 Å². The number of halogens is 2. The number of hydrogen-bond donors (Lipinski definition) is 0. The third-order valence-electron chi connectivity index (χ3n) is 1.25. The van der Waals surface area contributed by atoms with Crippen LogP contribution in [0.3, 0.4) is 0 Å². The van der Waals surface area contributed by atoms with Crippen LogP contribution >= 0.6 is 30.1 Å². The van der Waals surface area contributed by atoms with Gasteiger partial charge in [0.25, 0.3) is 0 Å². The predicted molar refractivity (Wildman–Crippen MR) is 40.8 cm³/mol. The largest absolute Gasteiger partial charge is 0.0902 e. The van der Waals surface area contributed by atoms with E-state index in [0.717, 1.165) is 17.4 Å². The molecular weight excluding hydrogens is 162 g/mol. The third kappa shape index (κ3) is 1.18. The Morgan fingerprint density at radius 3 is 2.38 bits per heavy atom. The molecule has 8 heavy (non-hydrogen) atoms. The Balaban J connectivity index is 2.71. The fourth-order valence-electron chi connectivity index (χ4n) is 0.674. The fraction of sp³-hybridized carbons (Fsp3) is 0.600. The van der Waals surface area contributed by atoms with Gasteiger partial charge >= 0.3 is 0 Å². The molecule has 0 aromatic carbocycles. The quantitative estimate of drug-likeness (QED) is 0.486. The van der Waals surface area contributed by atoms with Crippen molar-refractivity contribution in [1.82, 2.24) is 0 Å². The average molecular weight is 169 g/mol. The van der Waals surface area contributed by atoms with Crippen LogP contribution < -0.4 is 0 Å². The highest BCUT2D eigenvalue weighted by Crippen LogP contribution is 2.58. The summed E-state index contributed by atoms with van der Waals surface area (Å²) in [4.78, 5) is 0. The Morgan fingerprint density at radius 2 is 2.25 bits per heavy atom. The lowest BCUT2D eigenvalue weighted by molar-refractivity contribution is 1.14. The first kappa shape index (κ1) is 6.86. The summed E-state index contributed by atoms with van der Waals surface area (Å²) in [7, 11) is -0.448. The Hall–Kier alpha value is 0.750. The second-order valence-electron chi connectivity index (χ2n) is 1.91. The highest BCUT2D eigenvalue weighted by Gasteiger charge is 2.18. The first-order valence-corrected chi connectivity index (χ1v) is 5.31. The van der Waals surface area contributed by atoms with Crippen LogP contribution in [-0.2, 0) is 0 Å². The standard InChI is InChI=1S/C5H7Cl2P/c1-4-2-3-8(7)5(4)6/h2-3H2,1H3. The zero-order valence-corrected chi connectivity index (χ0v) is 7.02. The Labute approximate surface area is 60.4 Å². The molecule has 46 valence electrons. The van der Waals surface area contributed by atoms with E-state index in [0.29, 0.717) is 0 Å². The summed E-state index contributed by atoms with van der Waals surface area (Å²) in [5.41, 5.74) is 1.28. The van der Waals surface area contributed by atoms with Crippen LogP contribution in [0.25, 0.3) is 0 Å². The average Bonchev–Trinajstić information content (AvgIpc) is 1.98. The monoisotopic (exact) mass is 168 g/mol. The van der Waals surface area contributed by atoms with Crippen molar-refractivity contribution < 1.29 is 0 Å². The maximum Gasteiger partial charge on any atom is 0.0558 e. The van der Waals surface area contributed by atoms with Crippen molar-refractivity contribution in [2.24, 2.45) is 0 Å². The van der Waals surface area contributed by atoms with Crippen LogP contribution in [0.5, 0.6) is 0 Å². The second kappa shape index (κ2) is 2.56. The lowest BCUT2D eigenvalue weighted by Crippen LogP contribution is -1.67. The van der Waals surface area contributed by atoms with E-state index in [1.165, 1.54) is 5.57 Å². The van der Waals surface area contributed by atoms with Gasteiger partial charge in [-0.2, -0.15) is 0 Å². The predicted octanol–water partition coefficient (Wildman–Crippen LogP) is 3.50. The molecule has 0 amide bonds. The van der Waals surface area contributed by atoms with Crippen LogP contribution in [0.4, 0.5) is 0 Å². The summed E-state index contributed by atoms with van der Waals surface area (Å²) in [5, 5.41) is 0. The smallest absolute Gasteiger partial charge is 0.0558 e. The summed E-state index contributed by atoms with van der Waals surface area (Å²) in [6.45, 7) is 2.05. The molecule has 0 fully saturated rings. The lowest BCUT2D eigenvalue weighted by atomic mass is 10.3. The van der Waals surface area contributed by atoms with Crippen LogP contribution in [0.1, 0.15) is 13.3 Å². The summed E-state index contributed by atoms with van der Waals surface area (Å²) in [6.07, 6.45) is 2.19. The van der Waals surface area contributed by atoms with Crippen LogP contribution in [0, 0.1) is 0 Å². The Morgan fingerprint density at radius 1 is 1.62 bits per heavy atom. The molecule has 1 aliphatic rings. The van der Waals surface area contributed by atoms with E-state index in [1.54, 1.807) is 0 Å². The van der Waals surface area contributed by atoms with Gasteiger partial charge in [0.2, 0.25) is 0 Å². The maximum absolute atomic E-state index is 5.83. The molecular formula is C5H7Cl2P. The van der Waals surface area contributed by atoms with Crippen molar-refractivity contribution in [2.45, 2.75) is 13.3 Å². The van der Waals surface area contributed by atoms with E-state index in [1.807, 2.05) is 6.92 Å². The van der Waals surface area contributed by atoms with Crippen LogP contribution in [0.15, 0.2) is 10.3 Å². The van der Waals surface area contributed by atoms with Crippen molar-refractivity contribution in [3.05, 3.63) is 10.3 Å². The van der Waals surface area contributed by atoms with Crippen LogP contribution in [0.2, 0.25) is 0 Å². The van der Waals surface area contributed by atoms with Crippen molar-refractivity contribution in [1.29, 1.82) is 0 Å². The Bertz CT molecular complexity index is 130. The molecule has 1 unspecified atom stereocenters. The fourth-order valence-corrected chi connectivity index (χ4v) is 2.96. The molecule has 0 N–H and O–H groups in total. The van der Waals surface area contributed by atoms with E-state index in [2.05, 4.69) is 0 Å². The minimum atomic E-state index is -0.448. The van der Waals surface area contributed by atoms with Gasteiger partial charge in [0.1, 0.15) is 0 Å². The van der Waals surface area contributed by atoms with E-state index in [4.69, 9.17) is 22.8 Å². The van der Waals surface area contributed by atoms with Crippen LogP contribution in [-0.4, -0.2) is 6.16 Å². The SMILES string of the molecule is CC1=C(Cl)P(Cl)CC1. The summed E-state index contributed by atoms with van der Waals surface area (Å²) < 4.78 is 0.932. The molecule has 1 rings (SSSR count). The first-order valence-electron chi connectivity index (χ1n) is 2.50. The van der Waals surface area contributed by atoms with Crippen molar-refractivity contribution in [2.75, 3.05) is 6.16 Å². The molecule has 0 aromatic heterocycles. The number of allylic oxidation sites excluding steroid dienone is 1. The van der Waals surface area contributed by atoms with Gasteiger partial charge in [-0.25, -0.2) is 0 Å². The third-order valence-corrected chi connectivity index (χ3v) is 4.88. The highest BCUT2D eigenvalue weighted by molar-refractivity contribution is 7.89. The minimum absolute atomic E-state index is 0.448. The van der Waals surface area contributed by atoms with Gasteiger partial charge in [0.05, 0.1) is 4.77 Å². The topological polar surface area (TPSA) is 0 Å². The molecule has 1 atom stereocenters. The molecule has 0 aromatic rings. The zero-order chi connectivity index (χ0) is 6.15. The van der Waals surface area contributed by atoms with Gasteiger partial charge in [-0.1, -0.05) is 28.4 Å². The molecule has 0 nitrogen and oxygen atoms in total. The van der Waals surface area contributed by atoms with Gasteiger partial charge in [-0.3, -0.25) is 0 Å². The molecule has 0 saturated heterocycles. The van der Waals surface area contributed by atoms with E-state index in [-0.39, 0.29) is 0 Å². The maximum atomic E-state index is 5.83. The molecule has 0 spiro atoms. The molecule has 3 heteroatoms. The van der Waals surface area contributed by atoms with Crippen molar-refractivity contribution in [3.63, 3.8) is 0 Å². The second-order valence-corrected chi connectivity index (χ2v) is 5.39. The summed E-state index contributed by atoms with van der Waals surface area (Å²) in [6, 6.07) is 0. The summed E-state index contributed by atoms with van der Waals surface area (Å²) >= 11 is 11.6.